The Labute approximate surface area is 108 Å². The molecule has 0 unspecified atom stereocenters. The standard InChI is InChI=1S/C14H19N3O/c1-14(2,3)16-9-8-13(18)17-12-7-5-4-6-11(12)10-15/h4-7,16H,8-9H2,1-3H3,(H,17,18). The van der Waals surface area contributed by atoms with Gasteiger partial charge in [-0.05, 0) is 32.9 Å². The highest BCUT2D eigenvalue weighted by atomic mass is 16.1. The molecule has 0 aliphatic heterocycles. The van der Waals surface area contributed by atoms with Gasteiger partial charge in [0, 0.05) is 18.5 Å². The molecule has 1 rings (SSSR count). The van der Waals surface area contributed by atoms with Crippen LogP contribution in [0.3, 0.4) is 0 Å². The summed E-state index contributed by atoms with van der Waals surface area (Å²) in [5, 5.41) is 14.9. The number of nitriles is 1. The maximum Gasteiger partial charge on any atom is 0.225 e. The number of hydrogen-bond donors (Lipinski definition) is 2. The van der Waals surface area contributed by atoms with Gasteiger partial charge in [0.15, 0.2) is 0 Å². The van der Waals surface area contributed by atoms with Gasteiger partial charge in [-0.1, -0.05) is 12.1 Å². The molecule has 0 fully saturated rings. The maximum atomic E-state index is 11.7. The molecule has 1 amide bonds. The van der Waals surface area contributed by atoms with E-state index in [1.807, 2.05) is 0 Å². The Hall–Kier alpha value is -1.86. The number of nitrogens with zero attached hydrogens (tertiary/aromatic N) is 1. The number of benzene rings is 1. The average Bonchev–Trinajstić information content (AvgIpc) is 2.28. The lowest BCUT2D eigenvalue weighted by Gasteiger charge is -2.20. The first kappa shape index (κ1) is 14.2. The van der Waals surface area contributed by atoms with E-state index in [0.29, 0.717) is 24.2 Å². The molecule has 0 aromatic heterocycles. The topological polar surface area (TPSA) is 64.9 Å². The number of rotatable bonds is 4. The van der Waals surface area contributed by atoms with Crippen LogP contribution in [0.1, 0.15) is 32.8 Å². The van der Waals surface area contributed by atoms with Crippen molar-refractivity contribution in [3.8, 4) is 6.07 Å². The summed E-state index contributed by atoms with van der Waals surface area (Å²) in [5.74, 6) is -0.0885. The van der Waals surface area contributed by atoms with Crippen LogP contribution in [0.25, 0.3) is 0 Å². The van der Waals surface area contributed by atoms with Crippen molar-refractivity contribution in [2.75, 3.05) is 11.9 Å². The van der Waals surface area contributed by atoms with Crippen LogP contribution in [0.4, 0.5) is 5.69 Å². The molecule has 4 nitrogen and oxygen atoms in total. The summed E-state index contributed by atoms with van der Waals surface area (Å²) in [6.07, 6.45) is 0.386. The van der Waals surface area contributed by atoms with Crippen molar-refractivity contribution in [3.05, 3.63) is 29.8 Å². The van der Waals surface area contributed by atoms with Gasteiger partial charge in [0.05, 0.1) is 11.3 Å². The molecule has 0 saturated carbocycles. The normalized spacial score (nSPS) is 10.8. The summed E-state index contributed by atoms with van der Waals surface area (Å²) >= 11 is 0. The minimum atomic E-state index is -0.0885. The summed E-state index contributed by atoms with van der Waals surface area (Å²) in [5.41, 5.74) is 1.06. The zero-order valence-electron chi connectivity index (χ0n) is 11.1. The number of anilines is 1. The Morgan fingerprint density at radius 2 is 2.00 bits per heavy atom. The lowest BCUT2D eigenvalue weighted by Crippen LogP contribution is -2.37. The van der Waals surface area contributed by atoms with Crippen LogP contribution in [0, 0.1) is 11.3 Å². The quantitative estimate of drug-likeness (QED) is 0.855. The summed E-state index contributed by atoms with van der Waals surface area (Å²) in [4.78, 5) is 11.7. The first-order valence-corrected chi connectivity index (χ1v) is 5.96. The van der Waals surface area contributed by atoms with Crippen molar-refractivity contribution in [1.29, 1.82) is 5.26 Å². The Morgan fingerprint density at radius 1 is 1.33 bits per heavy atom. The molecule has 0 atom stereocenters. The van der Waals surface area contributed by atoms with Gasteiger partial charge < -0.3 is 10.6 Å². The Morgan fingerprint density at radius 3 is 2.61 bits per heavy atom. The highest BCUT2D eigenvalue weighted by molar-refractivity contribution is 5.92. The van der Waals surface area contributed by atoms with Gasteiger partial charge >= 0.3 is 0 Å². The Balaban J connectivity index is 2.48. The van der Waals surface area contributed by atoms with E-state index < -0.39 is 0 Å². The van der Waals surface area contributed by atoms with Gasteiger partial charge in [-0.25, -0.2) is 0 Å². The van der Waals surface area contributed by atoms with Crippen LogP contribution >= 0.6 is 0 Å². The largest absolute Gasteiger partial charge is 0.325 e. The lowest BCUT2D eigenvalue weighted by molar-refractivity contribution is -0.116. The van der Waals surface area contributed by atoms with E-state index in [1.165, 1.54) is 0 Å². The van der Waals surface area contributed by atoms with Crippen LogP contribution < -0.4 is 10.6 Å². The number of carbonyl (C=O) groups is 1. The van der Waals surface area contributed by atoms with Crippen molar-refractivity contribution in [1.82, 2.24) is 5.32 Å². The fourth-order valence-electron chi connectivity index (χ4n) is 1.45. The van der Waals surface area contributed by atoms with E-state index in [-0.39, 0.29) is 11.4 Å². The summed E-state index contributed by atoms with van der Waals surface area (Å²) in [6.45, 7) is 6.77. The number of amides is 1. The molecule has 0 aliphatic carbocycles. The molecule has 1 aromatic rings. The molecular weight excluding hydrogens is 226 g/mol. The predicted octanol–water partition coefficient (Wildman–Crippen LogP) is 2.27. The molecule has 4 heteroatoms. The van der Waals surface area contributed by atoms with Crippen molar-refractivity contribution < 1.29 is 4.79 Å². The minimum absolute atomic E-state index is 0.00480. The molecule has 96 valence electrons. The Kier molecular flexibility index (Phi) is 4.87. The molecule has 1 aromatic carbocycles. The van der Waals surface area contributed by atoms with E-state index >= 15 is 0 Å². The van der Waals surface area contributed by atoms with Gasteiger partial charge in [-0.15, -0.1) is 0 Å². The third kappa shape index (κ3) is 4.98. The first-order chi connectivity index (χ1) is 8.42. The van der Waals surface area contributed by atoms with Gasteiger partial charge in [-0.2, -0.15) is 5.26 Å². The number of nitrogens with one attached hydrogen (secondary N) is 2. The maximum absolute atomic E-state index is 11.7. The van der Waals surface area contributed by atoms with E-state index in [2.05, 4.69) is 37.5 Å². The van der Waals surface area contributed by atoms with Gasteiger partial charge in [0.1, 0.15) is 6.07 Å². The smallest absolute Gasteiger partial charge is 0.225 e. The summed E-state index contributed by atoms with van der Waals surface area (Å²) in [6, 6.07) is 9.03. The van der Waals surface area contributed by atoms with Crippen LogP contribution in [0.2, 0.25) is 0 Å². The zero-order chi connectivity index (χ0) is 13.6. The number of para-hydroxylation sites is 1. The minimum Gasteiger partial charge on any atom is -0.325 e. The molecule has 0 bridgehead atoms. The monoisotopic (exact) mass is 245 g/mol. The van der Waals surface area contributed by atoms with Gasteiger partial charge in [0.25, 0.3) is 0 Å². The SMILES string of the molecule is CC(C)(C)NCCC(=O)Nc1ccccc1C#N. The summed E-state index contributed by atoms with van der Waals surface area (Å²) < 4.78 is 0. The van der Waals surface area contributed by atoms with Gasteiger partial charge in [0.2, 0.25) is 5.91 Å². The molecule has 18 heavy (non-hydrogen) atoms. The second-order valence-corrected chi connectivity index (χ2v) is 5.13. The third-order valence-electron chi connectivity index (χ3n) is 2.33. The van der Waals surface area contributed by atoms with Crippen molar-refractivity contribution in [2.45, 2.75) is 32.7 Å². The van der Waals surface area contributed by atoms with Crippen LogP contribution in [-0.4, -0.2) is 18.0 Å². The summed E-state index contributed by atoms with van der Waals surface area (Å²) in [7, 11) is 0. The van der Waals surface area contributed by atoms with Crippen LogP contribution in [0.15, 0.2) is 24.3 Å². The molecule has 0 aliphatic rings. The molecule has 0 spiro atoms. The zero-order valence-corrected chi connectivity index (χ0v) is 11.1. The average molecular weight is 245 g/mol. The lowest BCUT2D eigenvalue weighted by atomic mass is 10.1. The molecular formula is C14H19N3O. The number of carbonyl (C=O) groups excluding carboxylic acids is 1. The van der Waals surface area contributed by atoms with E-state index in [0.717, 1.165) is 0 Å². The second-order valence-electron chi connectivity index (χ2n) is 5.13. The molecule has 0 radical (unpaired) electrons. The molecule has 0 heterocycles. The fourth-order valence-corrected chi connectivity index (χ4v) is 1.45. The number of hydrogen-bond acceptors (Lipinski definition) is 3. The van der Waals surface area contributed by atoms with Gasteiger partial charge in [-0.3, -0.25) is 4.79 Å². The van der Waals surface area contributed by atoms with E-state index in [4.69, 9.17) is 5.26 Å². The van der Waals surface area contributed by atoms with Crippen LogP contribution in [0.5, 0.6) is 0 Å². The van der Waals surface area contributed by atoms with Crippen molar-refractivity contribution in [2.24, 2.45) is 0 Å². The van der Waals surface area contributed by atoms with E-state index in [9.17, 15) is 4.79 Å². The third-order valence-corrected chi connectivity index (χ3v) is 2.33. The second kappa shape index (κ2) is 6.18. The van der Waals surface area contributed by atoms with E-state index in [1.54, 1.807) is 24.3 Å². The fraction of sp³-hybridized carbons (Fsp3) is 0.429. The predicted molar refractivity (Wildman–Crippen MR) is 72.2 cm³/mol. The first-order valence-electron chi connectivity index (χ1n) is 5.96. The molecule has 2 N–H and O–H groups in total. The Bertz CT molecular complexity index is 455. The van der Waals surface area contributed by atoms with Crippen molar-refractivity contribution in [3.63, 3.8) is 0 Å². The van der Waals surface area contributed by atoms with Crippen molar-refractivity contribution >= 4 is 11.6 Å². The van der Waals surface area contributed by atoms with Crippen LogP contribution in [-0.2, 0) is 4.79 Å². The molecule has 0 saturated heterocycles. The highest BCUT2D eigenvalue weighted by Gasteiger charge is 2.10. The highest BCUT2D eigenvalue weighted by Crippen LogP contribution is 2.13.